The van der Waals surface area contributed by atoms with E-state index < -0.39 is 11.5 Å². The van der Waals surface area contributed by atoms with E-state index in [1.165, 1.54) is 18.4 Å². The predicted molar refractivity (Wildman–Crippen MR) is 117 cm³/mol. The van der Waals surface area contributed by atoms with Crippen molar-refractivity contribution in [3.63, 3.8) is 0 Å². The van der Waals surface area contributed by atoms with Gasteiger partial charge in [0.1, 0.15) is 5.75 Å². The summed E-state index contributed by atoms with van der Waals surface area (Å²) in [6, 6.07) is 4.92. The third-order valence-electron chi connectivity index (χ3n) is 5.30. The zero-order valence-corrected chi connectivity index (χ0v) is 19.1. The molecule has 3 rings (SSSR count). The van der Waals surface area contributed by atoms with Gasteiger partial charge in [-0.1, -0.05) is 51.6 Å². The molecule has 0 unspecified atom stereocenters. The summed E-state index contributed by atoms with van der Waals surface area (Å²) in [5.74, 6) is 0.0317. The highest BCUT2D eigenvalue weighted by molar-refractivity contribution is 7.09. The summed E-state index contributed by atoms with van der Waals surface area (Å²) in [4.78, 5) is 19.1. The molecular weight excluding hydrogens is 408 g/mol. The fraction of sp³-hybridized carbons (Fsp3) is 0.545. The van der Waals surface area contributed by atoms with E-state index in [1.54, 1.807) is 18.2 Å². The maximum atomic E-state index is 13.0. The highest BCUT2D eigenvalue weighted by Crippen LogP contribution is 2.31. The molecule has 0 saturated heterocycles. The molecule has 0 atom stereocenters. The van der Waals surface area contributed by atoms with Crippen LogP contribution in [0, 0.1) is 0 Å². The van der Waals surface area contributed by atoms with Crippen LogP contribution >= 0.6 is 22.9 Å². The second-order valence-corrected chi connectivity index (χ2v) is 10.2. The molecule has 1 fully saturated rings. The summed E-state index contributed by atoms with van der Waals surface area (Å²) in [5, 5.41) is 11.5. The van der Waals surface area contributed by atoms with Crippen LogP contribution in [0.2, 0.25) is 5.02 Å². The van der Waals surface area contributed by atoms with E-state index >= 15 is 0 Å². The number of aliphatic hydroxyl groups is 1. The van der Waals surface area contributed by atoms with Crippen LogP contribution in [-0.4, -0.2) is 28.3 Å². The first-order chi connectivity index (χ1) is 13.6. The summed E-state index contributed by atoms with van der Waals surface area (Å²) in [5.41, 5.74) is -0.500. The van der Waals surface area contributed by atoms with Gasteiger partial charge in [0.15, 0.2) is 4.80 Å². The normalized spacial score (nSPS) is 17.4. The van der Waals surface area contributed by atoms with Gasteiger partial charge in [-0.3, -0.25) is 4.79 Å². The second kappa shape index (κ2) is 8.62. The number of carbonyl (C=O) groups is 1. The lowest BCUT2D eigenvalue weighted by atomic mass is 9.85. The molecule has 1 aliphatic rings. The van der Waals surface area contributed by atoms with Crippen LogP contribution in [0.4, 0.5) is 0 Å². The van der Waals surface area contributed by atoms with Crippen molar-refractivity contribution in [2.75, 3.05) is 7.11 Å². The molecule has 1 aliphatic carbocycles. The largest absolute Gasteiger partial charge is 0.496 e. The topological polar surface area (TPSA) is 63.8 Å². The van der Waals surface area contributed by atoms with Crippen molar-refractivity contribution in [2.45, 2.75) is 70.4 Å². The van der Waals surface area contributed by atoms with E-state index in [0.717, 1.165) is 37.0 Å². The Bertz CT molecular complexity index is 950. The molecule has 0 radical (unpaired) electrons. The summed E-state index contributed by atoms with van der Waals surface area (Å²) in [6.07, 6.45) is 6.79. The van der Waals surface area contributed by atoms with E-state index in [4.69, 9.17) is 16.3 Å². The number of ether oxygens (including phenoxy) is 1. The Morgan fingerprint density at radius 1 is 1.31 bits per heavy atom. The van der Waals surface area contributed by atoms with Gasteiger partial charge in [-0.25, -0.2) is 0 Å². The lowest BCUT2D eigenvalue weighted by Crippen LogP contribution is -2.38. The molecule has 1 N–H and O–H groups in total. The van der Waals surface area contributed by atoms with Gasteiger partial charge >= 0.3 is 0 Å². The molecule has 7 heteroatoms. The average molecular weight is 437 g/mol. The number of amides is 1. The molecule has 1 aromatic heterocycles. The highest BCUT2D eigenvalue weighted by Gasteiger charge is 2.31. The van der Waals surface area contributed by atoms with Crippen molar-refractivity contribution < 1.29 is 14.6 Å². The summed E-state index contributed by atoms with van der Waals surface area (Å²) in [6.45, 7) is 6.83. The average Bonchev–Trinajstić information content (AvgIpc) is 3.04. The lowest BCUT2D eigenvalue weighted by molar-refractivity contribution is -0.0121. The number of nitrogens with zero attached hydrogens (tertiary/aromatic N) is 2. The standard InChI is InChI=1S/C22H29ClN2O3S/c1-21(2,3)18-13-25(14-22(27)10-6-5-7-11-22)20(29-18)24-19(26)16-12-15(23)8-9-17(16)28-4/h8-9,12-13,27H,5-7,10-11,14H2,1-4H3. The molecule has 2 aromatic rings. The maximum Gasteiger partial charge on any atom is 0.283 e. The number of thiazole rings is 1. The van der Waals surface area contributed by atoms with Crippen LogP contribution in [0.1, 0.15) is 68.1 Å². The summed E-state index contributed by atoms with van der Waals surface area (Å²) < 4.78 is 7.24. The van der Waals surface area contributed by atoms with Crippen LogP contribution in [0.15, 0.2) is 29.4 Å². The Morgan fingerprint density at radius 2 is 2.00 bits per heavy atom. The predicted octanol–water partition coefficient (Wildman–Crippen LogP) is 4.95. The Morgan fingerprint density at radius 3 is 2.62 bits per heavy atom. The Balaban J connectivity index is 2.04. The minimum atomic E-state index is -0.750. The van der Waals surface area contributed by atoms with Crippen LogP contribution in [0.3, 0.4) is 0 Å². The third-order valence-corrected chi connectivity index (χ3v) is 6.98. The van der Waals surface area contributed by atoms with Crippen molar-refractivity contribution in [1.82, 2.24) is 4.57 Å². The SMILES string of the molecule is COc1ccc(Cl)cc1C(=O)N=c1sc(C(C)(C)C)cn1CC1(O)CCCCC1. The molecule has 1 heterocycles. The van der Waals surface area contributed by atoms with Crippen LogP contribution in [0.5, 0.6) is 5.75 Å². The van der Waals surface area contributed by atoms with Crippen molar-refractivity contribution in [1.29, 1.82) is 0 Å². The van der Waals surface area contributed by atoms with Crippen LogP contribution in [0.25, 0.3) is 0 Å². The van der Waals surface area contributed by atoms with E-state index in [2.05, 4.69) is 25.8 Å². The Labute approximate surface area is 181 Å². The van der Waals surface area contributed by atoms with Gasteiger partial charge in [0.05, 0.1) is 24.8 Å². The fourth-order valence-corrected chi connectivity index (χ4v) is 4.82. The minimum Gasteiger partial charge on any atom is -0.496 e. The first-order valence-corrected chi connectivity index (χ1v) is 11.2. The van der Waals surface area contributed by atoms with Crippen LogP contribution in [-0.2, 0) is 12.0 Å². The molecule has 1 aromatic carbocycles. The van der Waals surface area contributed by atoms with Crippen molar-refractivity contribution in [3.05, 3.63) is 44.7 Å². The molecule has 0 aliphatic heterocycles. The minimum absolute atomic E-state index is 0.0772. The molecule has 1 amide bonds. The van der Waals surface area contributed by atoms with Crippen LogP contribution < -0.4 is 9.54 Å². The Kier molecular flexibility index (Phi) is 6.56. The summed E-state index contributed by atoms with van der Waals surface area (Å²) >= 11 is 7.56. The molecule has 29 heavy (non-hydrogen) atoms. The lowest BCUT2D eigenvalue weighted by Gasteiger charge is -2.32. The summed E-state index contributed by atoms with van der Waals surface area (Å²) in [7, 11) is 1.52. The number of aromatic nitrogens is 1. The molecule has 1 saturated carbocycles. The van der Waals surface area contributed by atoms with E-state index in [9.17, 15) is 9.90 Å². The van der Waals surface area contributed by atoms with Crippen molar-refractivity contribution in [2.24, 2.45) is 4.99 Å². The van der Waals surface area contributed by atoms with Crippen molar-refractivity contribution >= 4 is 28.8 Å². The fourth-order valence-electron chi connectivity index (χ4n) is 3.61. The second-order valence-electron chi connectivity index (χ2n) is 8.80. The first kappa shape index (κ1) is 22.1. The molecular formula is C22H29ClN2O3S. The number of hydrogen-bond donors (Lipinski definition) is 1. The van der Waals surface area contributed by atoms with E-state index in [-0.39, 0.29) is 5.41 Å². The molecule has 0 spiro atoms. The smallest absolute Gasteiger partial charge is 0.283 e. The van der Waals surface area contributed by atoms with Gasteiger partial charge in [-0.15, -0.1) is 11.3 Å². The number of methoxy groups -OCH3 is 1. The highest BCUT2D eigenvalue weighted by atomic mass is 35.5. The number of rotatable bonds is 4. The van der Waals surface area contributed by atoms with Gasteiger partial charge in [0, 0.05) is 16.1 Å². The zero-order valence-electron chi connectivity index (χ0n) is 17.5. The quantitative estimate of drug-likeness (QED) is 0.737. The number of halogens is 1. The molecule has 0 bridgehead atoms. The molecule has 5 nitrogen and oxygen atoms in total. The monoisotopic (exact) mass is 436 g/mol. The van der Waals surface area contributed by atoms with Gasteiger partial charge in [0.2, 0.25) is 0 Å². The number of benzene rings is 1. The zero-order chi connectivity index (χ0) is 21.2. The molecule has 158 valence electrons. The number of hydrogen-bond acceptors (Lipinski definition) is 4. The van der Waals surface area contributed by atoms with Gasteiger partial charge < -0.3 is 14.4 Å². The van der Waals surface area contributed by atoms with Crippen molar-refractivity contribution in [3.8, 4) is 5.75 Å². The van der Waals surface area contributed by atoms with Gasteiger partial charge in [-0.2, -0.15) is 4.99 Å². The third kappa shape index (κ3) is 5.30. The first-order valence-electron chi connectivity index (χ1n) is 9.97. The number of carbonyl (C=O) groups excluding carboxylic acids is 1. The van der Waals surface area contributed by atoms with E-state index in [0.29, 0.717) is 27.7 Å². The van der Waals surface area contributed by atoms with E-state index in [1.807, 2.05) is 10.8 Å². The van der Waals surface area contributed by atoms with Gasteiger partial charge in [-0.05, 0) is 36.5 Å². The maximum absolute atomic E-state index is 13.0. The Hall–Kier alpha value is -1.63. The van der Waals surface area contributed by atoms with Gasteiger partial charge in [0.25, 0.3) is 5.91 Å².